The van der Waals surface area contributed by atoms with Crippen molar-refractivity contribution in [1.82, 2.24) is 20.2 Å². The van der Waals surface area contributed by atoms with Gasteiger partial charge in [-0.2, -0.15) is 0 Å². The number of hydrogen-bond donors (Lipinski definition) is 2. The molecule has 3 aromatic heterocycles. The van der Waals surface area contributed by atoms with Crippen LogP contribution in [0.25, 0.3) is 11.0 Å². The van der Waals surface area contributed by atoms with Crippen LogP contribution >= 0.6 is 11.3 Å². The van der Waals surface area contributed by atoms with Crippen molar-refractivity contribution in [3.8, 4) is 0 Å². The van der Waals surface area contributed by atoms with Crippen LogP contribution in [0.4, 0.5) is 16.6 Å². The lowest BCUT2D eigenvalue weighted by atomic mass is 10.1. The molecule has 4 rings (SSSR count). The van der Waals surface area contributed by atoms with E-state index in [1.165, 1.54) is 31.9 Å². The Hall–Kier alpha value is -3.07. The summed E-state index contributed by atoms with van der Waals surface area (Å²) in [6.07, 6.45) is 10.0. The fraction of sp³-hybridized carbons (Fsp3) is 0.350. The molecule has 0 spiro atoms. The molecule has 9 heteroatoms. The quantitative estimate of drug-likeness (QED) is 0.597. The van der Waals surface area contributed by atoms with E-state index in [9.17, 15) is 0 Å². The monoisotopic (exact) mass is 408 g/mol. The Kier molecular flexibility index (Phi) is 5.66. The minimum atomic E-state index is 0.561. The Morgan fingerprint density at radius 2 is 2.10 bits per heavy atom. The third kappa shape index (κ3) is 4.19. The summed E-state index contributed by atoms with van der Waals surface area (Å²) >= 11 is 1.62. The molecule has 0 bridgehead atoms. The fourth-order valence-corrected chi connectivity index (χ4v) is 4.42. The molecule has 0 aliphatic heterocycles. The van der Waals surface area contributed by atoms with E-state index < -0.39 is 0 Å². The summed E-state index contributed by atoms with van der Waals surface area (Å²) in [5.74, 6) is 1.28. The van der Waals surface area contributed by atoms with Crippen molar-refractivity contribution < 1.29 is 0 Å². The number of aliphatic imine (C=N–C) groups is 1. The highest BCUT2D eigenvalue weighted by Crippen LogP contribution is 2.37. The molecule has 150 valence electrons. The maximum atomic E-state index is 5.71. The maximum absolute atomic E-state index is 5.71. The van der Waals surface area contributed by atoms with E-state index in [1.54, 1.807) is 30.8 Å². The molecule has 3 aromatic rings. The van der Waals surface area contributed by atoms with E-state index >= 15 is 0 Å². The minimum absolute atomic E-state index is 0.561. The Bertz CT molecular complexity index is 1050. The molecule has 0 radical (unpaired) electrons. The molecule has 1 aliphatic rings. The molecule has 8 nitrogen and oxygen atoms in total. The van der Waals surface area contributed by atoms with E-state index in [2.05, 4.69) is 25.5 Å². The zero-order valence-corrected chi connectivity index (χ0v) is 17.4. The highest BCUT2D eigenvalue weighted by atomic mass is 32.1. The van der Waals surface area contributed by atoms with Gasteiger partial charge >= 0.3 is 0 Å². The Morgan fingerprint density at radius 1 is 1.28 bits per heavy atom. The summed E-state index contributed by atoms with van der Waals surface area (Å²) in [7, 11) is 3.62. The summed E-state index contributed by atoms with van der Waals surface area (Å²) in [5.41, 5.74) is 8.96. The molecular formula is C20H24N8S. The summed E-state index contributed by atoms with van der Waals surface area (Å²) in [6.45, 7) is 0. The van der Waals surface area contributed by atoms with Crippen molar-refractivity contribution in [2.75, 3.05) is 24.3 Å². The SMILES string of the molecule is CN=CC(=CN)N(C)c1cnc2ccc(Nc3nnc(C4CCCC4)s3)nc2c1. The van der Waals surface area contributed by atoms with Gasteiger partial charge in [-0.1, -0.05) is 24.2 Å². The van der Waals surface area contributed by atoms with Gasteiger partial charge < -0.3 is 16.0 Å². The standard InChI is InChI=1S/C20H24N8S/c1-22-11-15(10-21)28(2)14-9-17-16(23-12-14)7-8-18(24-17)25-20-27-26-19(29-20)13-5-3-4-6-13/h7-13H,3-6,21H2,1-2H3,(H,24,25,27). The molecule has 0 aromatic carbocycles. The number of fused-ring (bicyclic) bond motifs is 1. The van der Waals surface area contributed by atoms with Crippen LogP contribution < -0.4 is 16.0 Å². The molecule has 1 aliphatic carbocycles. The van der Waals surface area contributed by atoms with Gasteiger partial charge in [0.1, 0.15) is 10.8 Å². The normalized spacial score (nSPS) is 15.4. The summed E-state index contributed by atoms with van der Waals surface area (Å²) < 4.78 is 0. The second kappa shape index (κ2) is 8.52. The average Bonchev–Trinajstić information content (AvgIpc) is 3.43. The van der Waals surface area contributed by atoms with Crippen LogP contribution in [-0.2, 0) is 0 Å². The van der Waals surface area contributed by atoms with E-state index in [4.69, 9.17) is 10.7 Å². The third-order valence-corrected chi connectivity index (χ3v) is 6.11. The highest BCUT2D eigenvalue weighted by molar-refractivity contribution is 7.15. The number of nitrogens with one attached hydrogen (secondary N) is 1. The van der Waals surface area contributed by atoms with Gasteiger partial charge in [-0.3, -0.25) is 9.98 Å². The molecule has 0 saturated heterocycles. The maximum Gasteiger partial charge on any atom is 0.211 e. The number of nitrogens with two attached hydrogens (primary N) is 1. The van der Waals surface area contributed by atoms with Gasteiger partial charge in [0.25, 0.3) is 0 Å². The first-order valence-corrected chi connectivity index (χ1v) is 10.4. The Morgan fingerprint density at radius 3 is 2.86 bits per heavy atom. The summed E-state index contributed by atoms with van der Waals surface area (Å²) in [4.78, 5) is 15.2. The number of pyridine rings is 2. The van der Waals surface area contributed by atoms with Crippen molar-refractivity contribution in [1.29, 1.82) is 0 Å². The Balaban J connectivity index is 1.56. The number of aromatic nitrogens is 4. The summed E-state index contributed by atoms with van der Waals surface area (Å²) in [5, 5.41) is 13.8. The first kappa shape index (κ1) is 19.3. The van der Waals surface area contributed by atoms with E-state index in [-0.39, 0.29) is 0 Å². The number of hydrogen-bond acceptors (Lipinski definition) is 9. The Labute approximate surface area is 173 Å². The van der Waals surface area contributed by atoms with Gasteiger partial charge in [0.2, 0.25) is 5.13 Å². The lowest BCUT2D eigenvalue weighted by Crippen LogP contribution is -2.19. The molecule has 0 amide bonds. The van der Waals surface area contributed by atoms with Crippen LogP contribution in [0, 0.1) is 0 Å². The summed E-state index contributed by atoms with van der Waals surface area (Å²) in [6, 6.07) is 5.83. The van der Waals surface area contributed by atoms with E-state index in [1.807, 2.05) is 30.1 Å². The van der Waals surface area contributed by atoms with Crippen LogP contribution in [0.1, 0.15) is 36.6 Å². The topological polar surface area (TPSA) is 105 Å². The fourth-order valence-electron chi connectivity index (χ4n) is 3.50. The molecule has 3 heterocycles. The van der Waals surface area contributed by atoms with Crippen LogP contribution in [0.3, 0.4) is 0 Å². The van der Waals surface area contributed by atoms with Crippen molar-refractivity contribution >= 4 is 45.2 Å². The van der Waals surface area contributed by atoms with Gasteiger partial charge in [-0.05, 0) is 31.0 Å². The highest BCUT2D eigenvalue weighted by Gasteiger charge is 2.21. The van der Waals surface area contributed by atoms with Crippen molar-refractivity contribution in [2.24, 2.45) is 10.7 Å². The number of nitrogens with zero attached hydrogens (tertiary/aromatic N) is 6. The number of allylic oxidation sites excluding steroid dienone is 1. The van der Waals surface area contributed by atoms with E-state index in [0.29, 0.717) is 5.92 Å². The number of anilines is 3. The van der Waals surface area contributed by atoms with Crippen LogP contribution in [0.15, 0.2) is 41.3 Å². The first-order valence-electron chi connectivity index (χ1n) is 9.63. The lowest BCUT2D eigenvalue weighted by molar-refractivity contribution is 0.705. The molecule has 3 N–H and O–H groups in total. The predicted octanol–water partition coefficient (Wildman–Crippen LogP) is 3.82. The van der Waals surface area contributed by atoms with Gasteiger partial charge in [0.05, 0.1) is 28.6 Å². The van der Waals surface area contributed by atoms with Gasteiger partial charge in [-0.15, -0.1) is 10.2 Å². The van der Waals surface area contributed by atoms with E-state index in [0.717, 1.165) is 38.4 Å². The second-order valence-corrected chi connectivity index (χ2v) is 8.03. The zero-order valence-electron chi connectivity index (χ0n) is 16.5. The first-order chi connectivity index (χ1) is 14.2. The molecule has 0 unspecified atom stereocenters. The average molecular weight is 409 g/mol. The second-order valence-electron chi connectivity index (χ2n) is 7.02. The molecule has 0 atom stereocenters. The molecular weight excluding hydrogens is 384 g/mol. The number of rotatable bonds is 6. The predicted molar refractivity (Wildman–Crippen MR) is 119 cm³/mol. The zero-order chi connectivity index (χ0) is 20.2. The van der Waals surface area contributed by atoms with Crippen molar-refractivity contribution in [3.05, 3.63) is 41.3 Å². The van der Waals surface area contributed by atoms with Crippen LogP contribution in [-0.4, -0.2) is 40.5 Å². The molecule has 1 fully saturated rings. The lowest BCUT2D eigenvalue weighted by Gasteiger charge is -2.19. The third-order valence-electron chi connectivity index (χ3n) is 5.11. The molecule has 29 heavy (non-hydrogen) atoms. The minimum Gasteiger partial charge on any atom is -0.403 e. The van der Waals surface area contributed by atoms with Crippen molar-refractivity contribution in [3.63, 3.8) is 0 Å². The van der Waals surface area contributed by atoms with Gasteiger partial charge in [0.15, 0.2) is 0 Å². The van der Waals surface area contributed by atoms with Gasteiger partial charge in [0, 0.05) is 32.4 Å². The smallest absolute Gasteiger partial charge is 0.211 e. The van der Waals surface area contributed by atoms with Crippen LogP contribution in [0.5, 0.6) is 0 Å². The largest absolute Gasteiger partial charge is 0.403 e. The van der Waals surface area contributed by atoms with Crippen molar-refractivity contribution in [2.45, 2.75) is 31.6 Å². The van der Waals surface area contributed by atoms with Gasteiger partial charge in [-0.25, -0.2) is 4.98 Å². The molecule has 1 saturated carbocycles. The van der Waals surface area contributed by atoms with Crippen LogP contribution in [0.2, 0.25) is 0 Å².